The quantitative estimate of drug-likeness (QED) is 0.818. The van der Waals surface area contributed by atoms with Crippen LogP contribution in [0.5, 0.6) is 0 Å². The summed E-state index contributed by atoms with van der Waals surface area (Å²) in [6, 6.07) is 9.04. The summed E-state index contributed by atoms with van der Waals surface area (Å²) in [6.45, 7) is 4.07. The van der Waals surface area contributed by atoms with E-state index in [4.69, 9.17) is 4.74 Å². The maximum atomic E-state index is 5.63. The molecule has 4 nitrogen and oxygen atoms in total. The summed E-state index contributed by atoms with van der Waals surface area (Å²) in [6.07, 6.45) is 3.67. The fourth-order valence-electron chi connectivity index (χ4n) is 3.18. The molecule has 4 heteroatoms. The number of aromatic nitrogens is 2. The van der Waals surface area contributed by atoms with Crippen LogP contribution in [-0.2, 0) is 11.3 Å². The number of ether oxygens (including phenoxy) is 1. The fraction of sp³-hybridized carbons (Fsp3) is 0.500. The first kappa shape index (κ1) is 10.5. The van der Waals surface area contributed by atoms with Crippen molar-refractivity contribution in [2.24, 2.45) is 0 Å². The van der Waals surface area contributed by atoms with Crippen LogP contribution in [0.2, 0.25) is 0 Å². The first-order valence-electron chi connectivity index (χ1n) is 6.66. The minimum atomic E-state index is 0.490. The molecule has 0 saturated carbocycles. The van der Waals surface area contributed by atoms with Gasteiger partial charge in [0.1, 0.15) is 0 Å². The molecule has 2 aliphatic rings. The monoisotopic (exact) mass is 243 g/mol. The van der Waals surface area contributed by atoms with Crippen molar-refractivity contribution in [2.45, 2.75) is 25.1 Å². The zero-order valence-corrected chi connectivity index (χ0v) is 10.3. The second-order valence-corrected chi connectivity index (χ2v) is 5.27. The van der Waals surface area contributed by atoms with Crippen molar-refractivity contribution in [3.05, 3.63) is 30.5 Å². The molecule has 1 aromatic carbocycles. The van der Waals surface area contributed by atoms with E-state index in [2.05, 4.69) is 38.9 Å². The highest BCUT2D eigenvalue weighted by Crippen LogP contribution is 2.27. The summed E-state index contributed by atoms with van der Waals surface area (Å²) in [5.74, 6) is 0. The highest BCUT2D eigenvalue weighted by Gasteiger charge is 2.38. The molecule has 18 heavy (non-hydrogen) atoms. The van der Waals surface area contributed by atoms with E-state index in [-0.39, 0.29) is 0 Å². The van der Waals surface area contributed by atoms with Crippen molar-refractivity contribution >= 4 is 10.9 Å². The third-order valence-corrected chi connectivity index (χ3v) is 4.16. The Morgan fingerprint density at radius 1 is 1.28 bits per heavy atom. The Balaban J connectivity index is 1.48. The molecule has 2 unspecified atom stereocenters. The minimum Gasteiger partial charge on any atom is -0.375 e. The van der Waals surface area contributed by atoms with Crippen molar-refractivity contribution in [2.75, 3.05) is 19.7 Å². The summed E-state index contributed by atoms with van der Waals surface area (Å²) >= 11 is 0. The average molecular weight is 243 g/mol. The molecule has 2 bridgehead atoms. The smallest absolute Gasteiger partial charge is 0.0718 e. The molecular weight excluding hydrogens is 226 g/mol. The zero-order chi connectivity index (χ0) is 11.9. The Hall–Kier alpha value is -1.39. The van der Waals surface area contributed by atoms with Crippen molar-refractivity contribution in [3.8, 4) is 0 Å². The third-order valence-electron chi connectivity index (χ3n) is 4.16. The lowest BCUT2D eigenvalue weighted by Gasteiger charge is -2.26. The van der Waals surface area contributed by atoms with Crippen LogP contribution >= 0.6 is 0 Å². The highest BCUT2D eigenvalue weighted by molar-refractivity contribution is 5.78. The van der Waals surface area contributed by atoms with Crippen molar-refractivity contribution in [3.63, 3.8) is 0 Å². The molecule has 2 atom stereocenters. The van der Waals surface area contributed by atoms with Gasteiger partial charge in [0.05, 0.1) is 31.0 Å². The predicted octanol–water partition coefficient (Wildman–Crippen LogP) is 1.51. The molecule has 0 aliphatic carbocycles. The number of fused-ring (bicyclic) bond motifs is 3. The standard InChI is InChI=1S/C14H17N3O/c1-2-4-14-11(3-1)8-15-17(14)6-5-16-9-13-7-12(16)10-18-13/h1-4,8,12-13H,5-7,9-10H2. The molecule has 2 aromatic rings. The van der Waals surface area contributed by atoms with E-state index >= 15 is 0 Å². The molecule has 0 radical (unpaired) electrons. The molecule has 1 aromatic heterocycles. The predicted molar refractivity (Wildman–Crippen MR) is 69.5 cm³/mol. The third kappa shape index (κ3) is 1.64. The van der Waals surface area contributed by atoms with Crippen LogP contribution in [0.3, 0.4) is 0 Å². The Labute approximate surface area is 106 Å². The van der Waals surface area contributed by atoms with Gasteiger partial charge >= 0.3 is 0 Å². The van der Waals surface area contributed by atoms with Crippen LogP contribution in [0, 0.1) is 0 Å². The van der Waals surface area contributed by atoms with E-state index in [1.54, 1.807) is 0 Å². The maximum Gasteiger partial charge on any atom is 0.0718 e. The van der Waals surface area contributed by atoms with Gasteiger partial charge in [-0.3, -0.25) is 9.58 Å². The van der Waals surface area contributed by atoms with Gasteiger partial charge in [-0.25, -0.2) is 0 Å². The Morgan fingerprint density at radius 3 is 3.06 bits per heavy atom. The molecule has 3 heterocycles. The van der Waals surface area contributed by atoms with Crippen LogP contribution < -0.4 is 0 Å². The van der Waals surface area contributed by atoms with E-state index in [1.807, 2.05) is 6.20 Å². The topological polar surface area (TPSA) is 30.3 Å². The number of hydrogen-bond donors (Lipinski definition) is 0. The fourth-order valence-corrected chi connectivity index (χ4v) is 3.18. The summed E-state index contributed by atoms with van der Waals surface area (Å²) in [5.41, 5.74) is 1.23. The van der Waals surface area contributed by atoms with E-state index in [1.165, 1.54) is 17.3 Å². The molecule has 2 fully saturated rings. The zero-order valence-electron chi connectivity index (χ0n) is 10.3. The Kier molecular flexibility index (Phi) is 2.38. The second kappa shape index (κ2) is 4.07. The van der Waals surface area contributed by atoms with Gasteiger partial charge in [-0.15, -0.1) is 0 Å². The first-order valence-corrected chi connectivity index (χ1v) is 6.66. The summed E-state index contributed by atoms with van der Waals surface area (Å²) in [5, 5.41) is 5.70. The van der Waals surface area contributed by atoms with Crippen molar-refractivity contribution < 1.29 is 4.74 Å². The number of rotatable bonds is 3. The molecular formula is C14H17N3O. The molecule has 0 amide bonds. The van der Waals surface area contributed by atoms with Crippen molar-refractivity contribution in [1.29, 1.82) is 0 Å². The number of hydrogen-bond acceptors (Lipinski definition) is 3. The van der Waals surface area contributed by atoms with Crippen LogP contribution in [0.25, 0.3) is 10.9 Å². The lowest BCUT2D eigenvalue weighted by atomic mass is 10.2. The van der Waals surface area contributed by atoms with E-state index in [0.29, 0.717) is 12.1 Å². The van der Waals surface area contributed by atoms with Gasteiger partial charge in [-0.05, 0) is 12.5 Å². The molecule has 0 spiro atoms. The first-order chi connectivity index (χ1) is 8.90. The van der Waals surface area contributed by atoms with Gasteiger partial charge in [-0.1, -0.05) is 18.2 Å². The lowest BCUT2D eigenvalue weighted by Crippen LogP contribution is -2.38. The van der Waals surface area contributed by atoms with Gasteiger partial charge < -0.3 is 4.74 Å². The van der Waals surface area contributed by atoms with Gasteiger partial charge in [0.2, 0.25) is 0 Å². The van der Waals surface area contributed by atoms with Gasteiger partial charge in [0, 0.05) is 24.5 Å². The number of para-hydroxylation sites is 1. The molecule has 0 N–H and O–H groups in total. The summed E-state index contributed by atoms with van der Waals surface area (Å²) in [4.78, 5) is 2.55. The maximum absolute atomic E-state index is 5.63. The van der Waals surface area contributed by atoms with Crippen LogP contribution in [-0.4, -0.2) is 46.5 Å². The number of likely N-dealkylation sites (tertiary alicyclic amines) is 1. The van der Waals surface area contributed by atoms with E-state index in [9.17, 15) is 0 Å². The number of morpholine rings is 1. The molecule has 2 saturated heterocycles. The van der Waals surface area contributed by atoms with Crippen molar-refractivity contribution in [1.82, 2.24) is 14.7 Å². The van der Waals surface area contributed by atoms with Gasteiger partial charge in [0.25, 0.3) is 0 Å². The summed E-state index contributed by atoms with van der Waals surface area (Å²) in [7, 11) is 0. The number of nitrogens with zero attached hydrogens (tertiary/aromatic N) is 3. The molecule has 2 aliphatic heterocycles. The Bertz CT molecular complexity index is 565. The van der Waals surface area contributed by atoms with Crippen LogP contribution in [0.1, 0.15) is 6.42 Å². The Morgan fingerprint density at radius 2 is 2.22 bits per heavy atom. The van der Waals surface area contributed by atoms with Crippen LogP contribution in [0.15, 0.2) is 30.5 Å². The largest absolute Gasteiger partial charge is 0.375 e. The average Bonchev–Trinajstić information content (AvgIpc) is 3.11. The lowest BCUT2D eigenvalue weighted by molar-refractivity contribution is 0.0291. The van der Waals surface area contributed by atoms with E-state index < -0.39 is 0 Å². The minimum absolute atomic E-state index is 0.490. The molecule has 4 rings (SSSR count). The molecule has 94 valence electrons. The SMILES string of the molecule is c1ccc2c(c1)cnn2CCN1CC2CC1CO2. The highest BCUT2D eigenvalue weighted by atomic mass is 16.5. The van der Waals surface area contributed by atoms with Gasteiger partial charge in [-0.2, -0.15) is 5.10 Å². The van der Waals surface area contributed by atoms with Crippen LogP contribution in [0.4, 0.5) is 0 Å². The summed E-state index contributed by atoms with van der Waals surface area (Å²) < 4.78 is 7.74. The second-order valence-electron chi connectivity index (χ2n) is 5.27. The number of benzene rings is 1. The van der Waals surface area contributed by atoms with Gasteiger partial charge in [0.15, 0.2) is 0 Å². The van der Waals surface area contributed by atoms with E-state index in [0.717, 1.165) is 26.2 Å². The normalized spacial score (nSPS) is 27.3.